The number of rotatable bonds is 4. The predicted molar refractivity (Wildman–Crippen MR) is 75.3 cm³/mol. The van der Waals surface area contributed by atoms with Gasteiger partial charge in [0.05, 0.1) is 11.0 Å². The molecule has 0 heterocycles. The normalized spacial score (nSPS) is 25.3. The summed E-state index contributed by atoms with van der Waals surface area (Å²) in [7, 11) is 0. The fourth-order valence-electron chi connectivity index (χ4n) is 2.56. The summed E-state index contributed by atoms with van der Waals surface area (Å²) < 4.78 is 5.77. The molecule has 1 aliphatic carbocycles. The third kappa shape index (κ3) is 3.30. The molecule has 0 aliphatic heterocycles. The van der Waals surface area contributed by atoms with Gasteiger partial charge in [0.25, 0.3) is 5.69 Å². The largest absolute Gasteiger partial charge is 0.490 e. The molecule has 1 aliphatic rings. The van der Waals surface area contributed by atoms with Crippen molar-refractivity contribution in [2.45, 2.75) is 44.2 Å². The lowest BCUT2D eigenvalue weighted by atomic mass is 9.81. The van der Waals surface area contributed by atoms with Crippen molar-refractivity contribution < 1.29 is 19.6 Å². The Bertz CT molecular complexity index is 574. The summed E-state index contributed by atoms with van der Waals surface area (Å²) in [5.74, 6) is -0.629. The van der Waals surface area contributed by atoms with Gasteiger partial charge in [-0.25, -0.2) is 0 Å². The summed E-state index contributed by atoms with van der Waals surface area (Å²) in [6.07, 6.45) is 1.61. The SMILES string of the molecule is Cc1ccc([N+](=O)[O-])cc1OC1CCCC(N)(C(=O)O)C1. The molecule has 1 aromatic rings. The molecule has 1 aromatic carbocycles. The molecule has 0 saturated heterocycles. The summed E-state index contributed by atoms with van der Waals surface area (Å²) >= 11 is 0. The Morgan fingerprint density at radius 3 is 2.90 bits per heavy atom. The van der Waals surface area contributed by atoms with Crippen LogP contribution in [0.15, 0.2) is 18.2 Å². The molecule has 2 rings (SSSR count). The van der Waals surface area contributed by atoms with Gasteiger partial charge in [0, 0.05) is 12.5 Å². The van der Waals surface area contributed by atoms with Gasteiger partial charge >= 0.3 is 5.97 Å². The Morgan fingerprint density at radius 2 is 2.29 bits per heavy atom. The summed E-state index contributed by atoms with van der Waals surface area (Å²) in [5, 5.41) is 20.0. The molecule has 0 amide bonds. The first-order valence-electron chi connectivity index (χ1n) is 6.76. The molecule has 2 unspecified atom stereocenters. The van der Waals surface area contributed by atoms with Gasteiger partial charge in [0.1, 0.15) is 17.4 Å². The second kappa shape index (κ2) is 5.69. The molecular weight excluding hydrogens is 276 g/mol. The number of carbonyl (C=O) groups is 1. The molecular formula is C14H18N2O5. The van der Waals surface area contributed by atoms with Crippen LogP contribution >= 0.6 is 0 Å². The second-order valence-corrected chi connectivity index (χ2v) is 5.50. The number of nitrogens with two attached hydrogens (primary N) is 1. The van der Waals surface area contributed by atoms with Crippen molar-refractivity contribution in [3.05, 3.63) is 33.9 Å². The fourth-order valence-corrected chi connectivity index (χ4v) is 2.56. The molecule has 0 bridgehead atoms. The number of nitro groups is 1. The number of nitrogens with zero attached hydrogens (tertiary/aromatic N) is 1. The van der Waals surface area contributed by atoms with Gasteiger partial charge in [-0.1, -0.05) is 0 Å². The van der Waals surface area contributed by atoms with Crippen LogP contribution in [0.5, 0.6) is 5.75 Å². The van der Waals surface area contributed by atoms with E-state index in [4.69, 9.17) is 10.5 Å². The molecule has 2 atom stereocenters. The van der Waals surface area contributed by atoms with E-state index in [0.717, 1.165) is 5.56 Å². The first-order valence-corrected chi connectivity index (χ1v) is 6.76. The Kier molecular flexibility index (Phi) is 4.13. The van der Waals surface area contributed by atoms with Crippen LogP contribution < -0.4 is 10.5 Å². The maximum absolute atomic E-state index is 11.2. The first-order chi connectivity index (χ1) is 9.82. The standard InChI is InChI=1S/C14H18N2O5/c1-9-4-5-10(16(19)20)7-12(9)21-11-3-2-6-14(15,8-11)13(17)18/h4-5,7,11H,2-3,6,8,15H2,1H3,(H,17,18). The quantitative estimate of drug-likeness (QED) is 0.648. The van der Waals surface area contributed by atoms with Crippen LogP contribution in [0, 0.1) is 17.0 Å². The lowest BCUT2D eigenvalue weighted by Crippen LogP contribution is -2.53. The number of hydrogen-bond donors (Lipinski definition) is 2. The number of aryl methyl sites for hydroxylation is 1. The summed E-state index contributed by atoms with van der Waals surface area (Å²) in [4.78, 5) is 21.5. The Morgan fingerprint density at radius 1 is 1.57 bits per heavy atom. The van der Waals surface area contributed by atoms with Crippen LogP contribution in [0.25, 0.3) is 0 Å². The van der Waals surface area contributed by atoms with E-state index in [2.05, 4.69) is 0 Å². The van der Waals surface area contributed by atoms with E-state index in [1.807, 2.05) is 0 Å². The Hall–Kier alpha value is -2.15. The van der Waals surface area contributed by atoms with Crippen molar-refractivity contribution in [2.24, 2.45) is 5.73 Å². The monoisotopic (exact) mass is 294 g/mol. The van der Waals surface area contributed by atoms with E-state index >= 15 is 0 Å². The van der Waals surface area contributed by atoms with Crippen molar-refractivity contribution in [2.75, 3.05) is 0 Å². The Labute approximate surface area is 121 Å². The number of hydrogen-bond acceptors (Lipinski definition) is 5. The van der Waals surface area contributed by atoms with Crippen molar-refractivity contribution >= 4 is 11.7 Å². The minimum atomic E-state index is -1.28. The topological polar surface area (TPSA) is 116 Å². The van der Waals surface area contributed by atoms with E-state index in [1.54, 1.807) is 13.0 Å². The Balaban J connectivity index is 2.16. The van der Waals surface area contributed by atoms with Gasteiger partial charge in [0.2, 0.25) is 0 Å². The van der Waals surface area contributed by atoms with Crippen molar-refractivity contribution in [1.82, 2.24) is 0 Å². The van der Waals surface area contributed by atoms with Crippen molar-refractivity contribution in [1.29, 1.82) is 0 Å². The number of carboxylic acid groups (broad SMARTS) is 1. The van der Waals surface area contributed by atoms with E-state index in [0.29, 0.717) is 25.0 Å². The molecule has 7 heteroatoms. The second-order valence-electron chi connectivity index (χ2n) is 5.50. The molecule has 7 nitrogen and oxygen atoms in total. The van der Waals surface area contributed by atoms with Gasteiger partial charge < -0.3 is 15.6 Å². The summed E-state index contributed by atoms with van der Waals surface area (Å²) in [6.45, 7) is 1.79. The summed E-state index contributed by atoms with van der Waals surface area (Å²) in [6, 6.07) is 4.39. The highest BCUT2D eigenvalue weighted by Gasteiger charge is 2.40. The van der Waals surface area contributed by atoms with Gasteiger partial charge in [-0.3, -0.25) is 14.9 Å². The average molecular weight is 294 g/mol. The zero-order valence-corrected chi connectivity index (χ0v) is 11.7. The maximum Gasteiger partial charge on any atom is 0.323 e. The first kappa shape index (κ1) is 15.2. The van der Waals surface area contributed by atoms with E-state index < -0.39 is 16.4 Å². The van der Waals surface area contributed by atoms with Crippen molar-refractivity contribution in [3.8, 4) is 5.75 Å². The number of aliphatic carboxylic acids is 1. The molecule has 0 aromatic heterocycles. The summed E-state index contributed by atoms with van der Waals surface area (Å²) in [5.41, 5.74) is 5.31. The number of carboxylic acids is 1. The highest BCUT2D eigenvalue weighted by molar-refractivity contribution is 5.78. The van der Waals surface area contributed by atoms with Gasteiger partial charge in [-0.05, 0) is 37.8 Å². The third-order valence-electron chi connectivity index (χ3n) is 3.84. The van der Waals surface area contributed by atoms with Gasteiger partial charge in [-0.15, -0.1) is 0 Å². The van der Waals surface area contributed by atoms with Crippen molar-refractivity contribution in [3.63, 3.8) is 0 Å². The molecule has 21 heavy (non-hydrogen) atoms. The highest BCUT2D eigenvalue weighted by Crippen LogP contribution is 2.32. The minimum Gasteiger partial charge on any atom is -0.490 e. The van der Waals surface area contributed by atoms with E-state index in [9.17, 15) is 20.0 Å². The average Bonchev–Trinajstić information content (AvgIpc) is 2.41. The molecule has 1 fully saturated rings. The third-order valence-corrected chi connectivity index (χ3v) is 3.84. The minimum absolute atomic E-state index is 0.0522. The molecule has 114 valence electrons. The molecule has 0 spiro atoms. The number of non-ortho nitro benzene ring substituents is 1. The lowest BCUT2D eigenvalue weighted by Gasteiger charge is -2.34. The van der Waals surface area contributed by atoms with Gasteiger partial charge in [0.15, 0.2) is 0 Å². The highest BCUT2D eigenvalue weighted by atomic mass is 16.6. The molecule has 3 N–H and O–H groups in total. The van der Waals surface area contributed by atoms with Crippen LogP contribution in [0.2, 0.25) is 0 Å². The lowest BCUT2D eigenvalue weighted by molar-refractivity contribution is -0.385. The molecule has 0 radical (unpaired) electrons. The number of nitro benzene ring substituents is 1. The predicted octanol–water partition coefficient (Wildman–Crippen LogP) is 2.01. The maximum atomic E-state index is 11.2. The van der Waals surface area contributed by atoms with Crippen LogP contribution in [0.3, 0.4) is 0 Å². The molecule has 1 saturated carbocycles. The van der Waals surface area contributed by atoms with E-state index in [1.165, 1.54) is 12.1 Å². The smallest absolute Gasteiger partial charge is 0.323 e. The van der Waals surface area contributed by atoms with Crippen LogP contribution in [-0.2, 0) is 4.79 Å². The zero-order chi connectivity index (χ0) is 15.6. The fraction of sp³-hybridized carbons (Fsp3) is 0.500. The number of benzene rings is 1. The van der Waals surface area contributed by atoms with Crippen LogP contribution in [-0.4, -0.2) is 27.6 Å². The number of ether oxygens (including phenoxy) is 1. The van der Waals surface area contributed by atoms with E-state index in [-0.39, 0.29) is 18.2 Å². The zero-order valence-electron chi connectivity index (χ0n) is 11.7. The van der Waals surface area contributed by atoms with Crippen LogP contribution in [0.4, 0.5) is 5.69 Å². The van der Waals surface area contributed by atoms with Gasteiger partial charge in [-0.2, -0.15) is 0 Å². The van der Waals surface area contributed by atoms with Crippen LogP contribution in [0.1, 0.15) is 31.2 Å².